The van der Waals surface area contributed by atoms with E-state index >= 15 is 0 Å². The fourth-order valence-corrected chi connectivity index (χ4v) is 3.54. The first kappa shape index (κ1) is 17.3. The van der Waals surface area contributed by atoms with Crippen molar-refractivity contribution in [1.29, 1.82) is 0 Å². The van der Waals surface area contributed by atoms with E-state index in [4.69, 9.17) is 4.52 Å². The summed E-state index contributed by atoms with van der Waals surface area (Å²) in [5.41, 5.74) is 2.81. The van der Waals surface area contributed by atoms with Gasteiger partial charge in [-0.3, -0.25) is 14.9 Å². The molecule has 1 N–H and O–H groups in total. The Balaban J connectivity index is 1.43. The zero-order valence-electron chi connectivity index (χ0n) is 15.3. The highest BCUT2D eigenvalue weighted by Crippen LogP contribution is 2.24. The van der Waals surface area contributed by atoms with Gasteiger partial charge in [-0.2, -0.15) is 10.1 Å². The van der Waals surface area contributed by atoms with E-state index < -0.39 is 0 Å². The normalized spacial score (nSPS) is 17.3. The third-order valence-corrected chi connectivity index (χ3v) is 4.87. The molecule has 9 heteroatoms. The first-order valence-electron chi connectivity index (χ1n) is 9.01. The van der Waals surface area contributed by atoms with Gasteiger partial charge in [-0.25, -0.2) is 4.98 Å². The first-order chi connectivity index (χ1) is 13.1. The molecule has 1 saturated heterocycles. The van der Waals surface area contributed by atoms with E-state index in [-0.39, 0.29) is 11.8 Å². The van der Waals surface area contributed by atoms with Gasteiger partial charge in [-0.05, 0) is 32.6 Å². The maximum atomic E-state index is 12.9. The molecule has 1 atom stereocenters. The molecular formula is C18H21N7O2. The Bertz CT molecular complexity index is 915. The van der Waals surface area contributed by atoms with E-state index in [0.29, 0.717) is 35.9 Å². The summed E-state index contributed by atoms with van der Waals surface area (Å²) in [5, 5.41) is 11.0. The molecule has 140 valence electrons. The van der Waals surface area contributed by atoms with Crippen molar-refractivity contribution >= 4 is 5.91 Å². The van der Waals surface area contributed by atoms with Gasteiger partial charge in [0, 0.05) is 37.6 Å². The van der Waals surface area contributed by atoms with Crippen molar-refractivity contribution < 1.29 is 9.32 Å². The number of carbonyl (C=O) groups is 1. The number of aromatic nitrogens is 6. The van der Waals surface area contributed by atoms with Crippen LogP contribution < -0.4 is 0 Å². The van der Waals surface area contributed by atoms with E-state index in [9.17, 15) is 4.79 Å². The number of amides is 1. The summed E-state index contributed by atoms with van der Waals surface area (Å²) in [6, 6.07) is 0. The predicted octanol–water partition coefficient (Wildman–Crippen LogP) is 1.96. The molecule has 1 amide bonds. The lowest BCUT2D eigenvalue weighted by atomic mass is 9.94. The second-order valence-electron chi connectivity index (χ2n) is 6.87. The van der Waals surface area contributed by atoms with Crippen LogP contribution in [-0.2, 0) is 6.42 Å². The van der Waals surface area contributed by atoms with Crippen LogP contribution >= 0.6 is 0 Å². The summed E-state index contributed by atoms with van der Waals surface area (Å²) < 4.78 is 5.38. The molecule has 1 unspecified atom stereocenters. The van der Waals surface area contributed by atoms with Crippen LogP contribution in [-0.4, -0.2) is 54.2 Å². The van der Waals surface area contributed by atoms with Crippen LogP contribution in [0.25, 0.3) is 11.5 Å². The van der Waals surface area contributed by atoms with E-state index in [1.165, 1.54) is 0 Å². The Morgan fingerprint density at radius 1 is 1.37 bits per heavy atom. The number of piperidine rings is 1. The van der Waals surface area contributed by atoms with Crippen LogP contribution in [0.1, 0.15) is 40.5 Å². The molecule has 1 aliphatic heterocycles. The third-order valence-electron chi connectivity index (χ3n) is 4.87. The molecule has 0 bridgehead atoms. The van der Waals surface area contributed by atoms with Gasteiger partial charge in [0.2, 0.25) is 11.7 Å². The monoisotopic (exact) mass is 367 g/mol. The van der Waals surface area contributed by atoms with Crippen molar-refractivity contribution in [2.75, 3.05) is 13.1 Å². The van der Waals surface area contributed by atoms with E-state index in [2.05, 4.69) is 30.3 Å². The number of aryl methyl sites for hydroxylation is 2. The lowest BCUT2D eigenvalue weighted by Crippen LogP contribution is -2.40. The standard InChI is InChI=1S/C18H21N7O2/c1-11-16(12(2)23-22-11)18(26)25-7-3-4-13(10-25)8-15-21-17(24-27-15)14-9-19-5-6-20-14/h5-6,9,13H,3-4,7-8,10H2,1-2H3,(H,22,23). The number of aromatic amines is 1. The van der Waals surface area contributed by atoms with Gasteiger partial charge in [-0.15, -0.1) is 0 Å². The smallest absolute Gasteiger partial charge is 0.257 e. The second kappa shape index (κ2) is 7.26. The Labute approximate surface area is 156 Å². The molecule has 1 fully saturated rings. The van der Waals surface area contributed by atoms with Crippen molar-refractivity contribution in [3.63, 3.8) is 0 Å². The largest absolute Gasteiger partial charge is 0.339 e. The van der Waals surface area contributed by atoms with Crippen LogP contribution in [0.2, 0.25) is 0 Å². The highest BCUT2D eigenvalue weighted by Gasteiger charge is 2.28. The number of nitrogens with zero attached hydrogens (tertiary/aromatic N) is 6. The summed E-state index contributed by atoms with van der Waals surface area (Å²) in [7, 11) is 0. The highest BCUT2D eigenvalue weighted by atomic mass is 16.5. The summed E-state index contributed by atoms with van der Waals surface area (Å²) in [6.07, 6.45) is 7.41. The van der Waals surface area contributed by atoms with Gasteiger partial charge in [0.05, 0.1) is 17.5 Å². The molecule has 27 heavy (non-hydrogen) atoms. The molecule has 0 aromatic carbocycles. The quantitative estimate of drug-likeness (QED) is 0.750. The highest BCUT2D eigenvalue weighted by molar-refractivity contribution is 5.96. The average Bonchev–Trinajstić information content (AvgIpc) is 3.29. The topological polar surface area (TPSA) is 114 Å². The zero-order valence-corrected chi connectivity index (χ0v) is 15.3. The maximum absolute atomic E-state index is 12.9. The van der Waals surface area contributed by atoms with Gasteiger partial charge in [0.1, 0.15) is 5.69 Å². The van der Waals surface area contributed by atoms with Gasteiger partial charge in [-0.1, -0.05) is 5.16 Å². The lowest BCUT2D eigenvalue weighted by Gasteiger charge is -2.32. The molecule has 0 radical (unpaired) electrons. The molecule has 0 spiro atoms. The SMILES string of the molecule is Cc1n[nH]c(C)c1C(=O)N1CCCC(Cc2nc(-c3cnccn3)no2)C1. The Morgan fingerprint density at radius 2 is 2.26 bits per heavy atom. The molecular weight excluding hydrogens is 346 g/mol. The average molecular weight is 367 g/mol. The molecule has 0 aliphatic carbocycles. The number of likely N-dealkylation sites (tertiary alicyclic amines) is 1. The van der Waals surface area contributed by atoms with E-state index in [1.54, 1.807) is 18.6 Å². The van der Waals surface area contributed by atoms with Crippen molar-refractivity contribution in [2.24, 2.45) is 5.92 Å². The van der Waals surface area contributed by atoms with Crippen LogP contribution in [0.15, 0.2) is 23.1 Å². The molecule has 0 saturated carbocycles. The minimum absolute atomic E-state index is 0.0363. The molecule has 4 heterocycles. The number of nitrogens with one attached hydrogen (secondary N) is 1. The van der Waals surface area contributed by atoms with Gasteiger partial charge >= 0.3 is 0 Å². The van der Waals surface area contributed by atoms with Crippen molar-refractivity contribution in [3.8, 4) is 11.5 Å². The predicted molar refractivity (Wildman–Crippen MR) is 95.7 cm³/mol. The maximum Gasteiger partial charge on any atom is 0.257 e. The zero-order chi connectivity index (χ0) is 18.8. The molecule has 3 aromatic heterocycles. The van der Waals surface area contributed by atoms with Gasteiger partial charge < -0.3 is 9.42 Å². The number of rotatable bonds is 4. The van der Waals surface area contributed by atoms with Crippen LogP contribution in [0.5, 0.6) is 0 Å². The summed E-state index contributed by atoms with van der Waals surface area (Å²) in [6.45, 7) is 5.16. The van der Waals surface area contributed by atoms with Crippen molar-refractivity contribution in [1.82, 2.24) is 35.2 Å². The van der Waals surface area contributed by atoms with Crippen LogP contribution in [0.3, 0.4) is 0 Å². The van der Waals surface area contributed by atoms with Crippen LogP contribution in [0.4, 0.5) is 0 Å². The summed E-state index contributed by atoms with van der Waals surface area (Å²) in [5.74, 6) is 1.32. The lowest BCUT2D eigenvalue weighted by molar-refractivity contribution is 0.0666. The Morgan fingerprint density at radius 3 is 3.00 bits per heavy atom. The fourth-order valence-electron chi connectivity index (χ4n) is 3.54. The van der Waals surface area contributed by atoms with E-state index in [0.717, 1.165) is 30.8 Å². The van der Waals surface area contributed by atoms with Gasteiger partial charge in [0.25, 0.3) is 5.91 Å². The van der Waals surface area contributed by atoms with Crippen molar-refractivity contribution in [3.05, 3.63) is 41.4 Å². The first-order valence-corrected chi connectivity index (χ1v) is 9.01. The molecule has 9 nitrogen and oxygen atoms in total. The number of H-pyrrole nitrogens is 1. The minimum Gasteiger partial charge on any atom is -0.339 e. The molecule has 4 rings (SSSR count). The van der Waals surface area contributed by atoms with Crippen LogP contribution in [0, 0.1) is 19.8 Å². The number of hydrogen-bond acceptors (Lipinski definition) is 7. The molecule has 3 aromatic rings. The van der Waals surface area contributed by atoms with Gasteiger partial charge in [0.15, 0.2) is 0 Å². The summed E-state index contributed by atoms with van der Waals surface area (Å²) in [4.78, 5) is 27.4. The second-order valence-corrected chi connectivity index (χ2v) is 6.87. The number of hydrogen-bond donors (Lipinski definition) is 1. The Kier molecular flexibility index (Phi) is 4.66. The third kappa shape index (κ3) is 3.57. The minimum atomic E-state index is 0.0363. The Hall–Kier alpha value is -3.10. The fraction of sp³-hybridized carbons (Fsp3) is 0.444. The number of carbonyl (C=O) groups excluding carboxylic acids is 1. The summed E-state index contributed by atoms with van der Waals surface area (Å²) >= 11 is 0. The van der Waals surface area contributed by atoms with E-state index in [1.807, 2.05) is 18.7 Å². The molecule has 1 aliphatic rings. The van der Waals surface area contributed by atoms with Crippen molar-refractivity contribution in [2.45, 2.75) is 33.1 Å².